The van der Waals surface area contributed by atoms with Crippen LogP contribution in [0.5, 0.6) is 0 Å². The fraction of sp³-hybridized carbons (Fsp3) is 0.500. The molecule has 4 nitrogen and oxygen atoms in total. The summed E-state index contributed by atoms with van der Waals surface area (Å²) in [5.41, 5.74) is 3.20. The van der Waals surface area contributed by atoms with Crippen LogP contribution in [0.3, 0.4) is 0 Å². The monoisotopic (exact) mass is 378 g/mol. The lowest BCUT2D eigenvalue weighted by molar-refractivity contribution is -0.120. The number of halogens is 1. The molecule has 1 amide bonds. The summed E-state index contributed by atoms with van der Waals surface area (Å²) in [6.45, 7) is 4.31. The molecule has 1 aromatic carbocycles. The number of hydrogen-bond donors (Lipinski definition) is 2. The number of carbonyl (C=O) groups excluding carboxylic acids is 1. The molecule has 0 atom stereocenters. The summed E-state index contributed by atoms with van der Waals surface area (Å²) in [5, 5.41) is 4.10. The first-order chi connectivity index (χ1) is 11.1. The van der Waals surface area contributed by atoms with Crippen molar-refractivity contribution in [1.82, 2.24) is 10.3 Å². The van der Waals surface area contributed by atoms with Gasteiger partial charge in [0.15, 0.2) is 0 Å². The van der Waals surface area contributed by atoms with E-state index in [4.69, 9.17) is 4.74 Å². The van der Waals surface area contributed by atoms with Crippen molar-refractivity contribution in [1.29, 1.82) is 0 Å². The number of nitrogens with one attached hydrogen (secondary N) is 2. The molecule has 1 heterocycles. The predicted molar refractivity (Wildman–Crippen MR) is 95.6 cm³/mol. The molecule has 23 heavy (non-hydrogen) atoms. The Kier molecular flexibility index (Phi) is 5.38. The van der Waals surface area contributed by atoms with Gasteiger partial charge in [0.1, 0.15) is 0 Å². The Morgan fingerprint density at radius 2 is 2.26 bits per heavy atom. The first kappa shape index (κ1) is 16.5. The van der Waals surface area contributed by atoms with Gasteiger partial charge in [-0.15, -0.1) is 0 Å². The lowest BCUT2D eigenvalue weighted by atomic mass is 10.1. The van der Waals surface area contributed by atoms with Gasteiger partial charge in [0.25, 0.3) is 0 Å². The Hall–Kier alpha value is -1.33. The van der Waals surface area contributed by atoms with Gasteiger partial charge in [0, 0.05) is 40.8 Å². The van der Waals surface area contributed by atoms with Crippen LogP contribution in [0.2, 0.25) is 0 Å². The smallest absolute Gasteiger partial charge is 0.224 e. The van der Waals surface area contributed by atoms with Crippen molar-refractivity contribution in [2.24, 2.45) is 5.92 Å². The summed E-state index contributed by atoms with van der Waals surface area (Å²) < 4.78 is 6.60. The van der Waals surface area contributed by atoms with E-state index in [2.05, 4.69) is 32.3 Å². The highest BCUT2D eigenvalue weighted by Crippen LogP contribution is 2.28. The number of aryl methyl sites for hydroxylation is 1. The quantitative estimate of drug-likeness (QED) is 0.687. The SMILES string of the molecule is Cc1[nH]c2ccc(Br)cc2c1CC(=O)NCCCOCC1CC1. The number of hydrogen-bond acceptors (Lipinski definition) is 2. The number of aromatic amines is 1. The summed E-state index contributed by atoms with van der Waals surface area (Å²) in [5.74, 6) is 0.866. The zero-order chi connectivity index (χ0) is 16.2. The molecular weight excluding hydrogens is 356 g/mol. The van der Waals surface area contributed by atoms with E-state index in [9.17, 15) is 4.79 Å². The Balaban J connectivity index is 1.47. The number of fused-ring (bicyclic) bond motifs is 1. The van der Waals surface area contributed by atoms with E-state index in [-0.39, 0.29) is 5.91 Å². The standard InChI is InChI=1S/C18H23BrN2O2/c1-12-15(16-9-14(19)5-6-17(16)21-12)10-18(22)20-7-2-8-23-11-13-3-4-13/h5-6,9,13,21H,2-4,7-8,10-11H2,1H3,(H,20,22). The molecule has 1 aromatic heterocycles. The van der Waals surface area contributed by atoms with Crippen LogP contribution in [-0.4, -0.2) is 30.6 Å². The molecule has 2 N–H and O–H groups in total. The van der Waals surface area contributed by atoms with Crippen LogP contribution in [0, 0.1) is 12.8 Å². The highest BCUT2D eigenvalue weighted by molar-refractivity contribution is 9.10. The van der Waals surface area contributed by atoms with Gasteiger partial charge in [-0.05, 0) is 55.9 Å². The number of aromatic nitrogens is 1. The van der Waals surface area contributed by atoms with E-state index in [1.54, 1.807) is 0 Å². The van der Waals surface area contributed by atoms with Gasteiger partial charge in [-0.2, -0.15) is 0 Å². The predicted octanol–water partition coefficient (Wildman–Crippen LogP) is 3.71. The fourth-order valence-electron chi connectivity index (χ4n) is 2.74. The molecule has 124 valence electrons. The lowest BCUT2D eigenvalue weighted by Crippen LogP contribution is -2.27. The van der Waals surface area contributed by atoms with Crippen molar-refractivity contribution in [2.45, 2.75) is 32.6 Å². The van der Waals surface area contributed by atoms with Crippen molar-refractivity contribution in [3.63, 3.8) is 0 Å². The Bertz CT molecular complexity index is 692. The van der Waals surface area contributed by atoms with Crippen LogP contribution < -0.4 is 5.32 Å². The lowest BCUT2D eigenvalue weighted by Gasteiger charge is -2.06. The van der Waals surface area contributed by atoms with Gasteiger partial charge >= 0.3 is 0 Å². The summed E-state index contributed by atoms with van der Waals surface area (Å²) in [6, 6.07) is 6.10. The maximum absolute atomic E-state index is 12.2. The first-order valence-corrected chi connectivity index (χ1v) is 9.04. The number of rotatable bonds is 8. The average Bonchev–Trinajstić information content (AvgIpc) is 3.29. The molecule has 0 radical (unpaired) electrons. The topological polar surface area (TPSA) is 54.1 Å². The number of H-pyrrole nitrogens is 1. The zero-order valence-corrected chi connectivity index (χ0v) is 15.0. The van der Waals surface area contributed by atoms with Crippen molar-refractivity contribution < 1.29 is 9.53 Å². The molecule has 0 unspecified atom stereocenters. The highest BCUT2D eigenvalue weighted by atomic mass is 79.9. The molecule has 1 aliphatic carbocycles. The molecule has 0 aliphatic heterocycles. The number of carbonyl (C=O) groups is 1. The molecule has 2 aromatic rings. The number of benzene rings is 1. The van der Waals surface area contributed by atoms with E-state index in [1.165, 1.54) is 12.8 Å². The van der Waals surface area contributed by atoms with E-state index in [0.29, 0.717) is 13.0 Å². The van der Waals surface area contributed by atoms with Gasteiger partial charge in [0.05, 0.1) is 6.42 Å². The van der Waals surface area contributed by atoms with E-state index in [1.807, 2.05) is 19.1 Å². The second-order valence-electron chi connectivity index (χ2n) is 6.32. The van der Waals surface area contributed by atoms with Crippen LogP contribution in [0.25, 0.3) is 10.9 Å². The van der Waals surface area contributed by atoms with Gasteiger partial charge in [-0.3, -0.25) is 4.79 Å². The molecule has 0 spiro atoms. The van der Waals surface area contributed by atoms with Gasteiger partial charge in [-0.1, -0.05) is 15.9 Å². The molecule has 1 fully saturated rings. The minimum atomic E-state index is 0.0659. The van der Waals surface area contributed by atoms with E-state index in [0.717, 1.165) is 52.2 Å². The van der Waals surface area contributed by atoms with Crippen molar-refractivity contribution >= 4 is 32.7 Å². The number of ether oxygens (including phenoxy) is 1. The molecule has 3 rings (SSSR count). The third-order valence-corrected chi connectivity index (χ3v) is 4.75. The zero-order valence-electron chi connectivity index (χ0n) is 13.5. The number of amides is 1. The summed E-state index contributed by atoms with van der Waals surface area (Å²) in [6.07, 6.45) is 3.91. The van der Waals surface area contributed by atoms with Crippen LogP contribution >= 0.6 is 15.9 Å². The molecular formula is C18H23BrN2O2. The van der Waals surface area contributed by atoms with Crippen LogP contribution in [0.4, 0.5) is 0 Å². The van der Waals surface area contributed by atoms with Gasteiger partial charge in [0.2, 0.25) is 5.91 Å². The summed E-state index contributed by atoms with van der Waals surface area (Å²) >= 11 is 3.49. The minimum absolute atomic E-state index is 0.0659. The molecule has 0 bridgehead atoms. The second kappa shape index (κ2) is 7.49. The van der Waals surface area contributed by atoms with Crippen LogP contribution in [0.1, 0.15) is 30.5 Å². The molecule has 1 saturated carbocycles. The Morgan fingerprint density at radius 1 is 1.43 bits per heavy atom. The van der Waals surface area contributed by atoms with E-state index >= 15 is 0 Å². The second-order valence-corrected chi connectivity index (χ2v) is 7.23. The normalized spacial score (nSPS) is 14.3. The van der Waals surface area contributed by atoms with Gasteiger partial charge in [-0.25, -0.2) is 0 Å². The fourth-order valence-corrected chi connectivity index (χ4v) is 3.10. The van der Waals surface area contributed by atoms with Crippen molar-refractivity contribution in [3.8, 4) is 0 Å². The average molecular weight is 379 g/mol. The Morgan fingerprint density at radius 3 is 3.04 bits per heavy atom. The van der Waals surface area contributed by atoms with Crippen LogP contribution in [0.15, 0.2) is 22.7 Å². The molecule has 5 heteroatoms. The van der Waals surface area contributed by atoms with Crippen molar-refractivity contribution in [3.05, 3.63) is 33.9 Å². The summed E-state index contributed by atoms with van der Waals surface area (Å²) in [7, 11) is 0. The maximum atomic E-state index is 12.2. The van der Waals surface area contributed by atoms with Crippen LogP contribution in [-0.2, 0) is 16.0 Å². The summed E-state index contributed by atoms with van der Waals surface area (Å²) in [4.78, 5) is 15.5. The maximum Gasteiger partial charge on any atom is 0.224 e. The van der Waals surface area contributed by atoms with Crippen molar-refractivity contribution in [2.75, 3.05) is 19.8 Å². The minimum Gasteiger partial charge on any atom is -0.381 e. The highest BCUT2D eigenvalue weighted by Gasteiger charge is 2.20. The van der Waals surface area contributed by atoms with E-state index < -0.39 is 0 Å². The third kappa shape index (κ3) is 4.58. The largest absolute Gasteiger partial charge is 0.381 e. The molecule has 1 aliphatic rings. The Labute approximate surface area is 145 Å². The molecule has 0 saturated heterocycles. The first-order valence-electron chi connectivity index (χ1n) is 8.24. The van der Waals surface area contributed by atoms with Gasteiger partial charge < -0.3 is 15.0 Å². The third-order valence-electron chi connectivity index (χ3n) is 4.26.